The number of aryl methyl sites for hydroxylation is 1. The molecule has 2 N–H and O–H groups in total. The van der Waals surface area contributed by atoms with E-state index < -0.39 is 0 Å². The number of rotatable bonds is 9. The first kappa shape index (κ1) is 28.4. The molecule has 1 fully saturated rings. The fraction of sp³-hybridized carbons (Fsp3) is 0.452. The second-order valence-corrected chi connectivity index (χ2v) is 10.4. The van der Waals surface area contributed by atoms with E-state index in [-0.39, 0.29) is 23.9 Å². The molecule has 1 aliphatic heterocycles. The van der Waals surface area contributed by atoms with Crippen LogP contribution in [0.25, 0.3) is 11.1 Å². The fourth-order valence-electron chi connectivity index (χ4n) is 5.40. The monoisotopic (exact) mass is 532 g/mol. The number of pyridine rings is 2. The van der Waals surface area contributed by atoms with Crippen molar-refractivity contribution in [1.82, 2.24) is 15.3 Å². The number of anilines is 1. The zero-order valence-electron chi connectivity index (χ0n) is 23.9. The van der Waals surface area contributed by atoms with Crippen LogP contribution in [0.2, 0.25) is 0 Å². The van der Waals surface area contributed by atoms with Gasteiger partial charge in [-0.25, -0.2) is 4.98 Å². The van der Waals surface area contributed by atoms with Crippen LogP contribution in [0.1, 0.15) is 72.3 Å². The molecular formula is C31H40N4O4. The summed E-state index contributed by atoms with van der Waals surface area (Å²) in [4.78, 5) is 36.2. The molecule has 208 valence electrons. The molecule has 3 aromatic rings. The number of carbonyl (C=O) groups excluding carboxylic acids is 1. The maximum absolute atomic E-state index is 13.7. The molecule has 8 heteroatoms. The predicted molar refractivity (Wildman–Crippen MR) is 155 cm³/mol. The lowest BCUT2D eigenvalue weighted by Gasteiger charge is -2.37. The maximum atomic E-state index is 13.7. The van der Waals surface area contributed by atoms with Gasteiger partial charge >= 0.3 is 0 Å². The Hall–Kier alpha value is -3.65. The molecule has 1 saturated heterocycles. The first-order valence-electron chi connectivity index (χ1n) is 13.7. The third-order valence-electron chi connectivity index (χ3n) is 7.54. The molecule has 1 aromatic carbocycles. The maximum Gasteiger partial charge on any atom is 0.253 e. The van der Waals surface area contributed by atoms with E-state index in [0.717, 1.165) is 66.2 Å². The van der Waals surface area contributed by atoms with Crippen LogP contribution in [0.15, 0.2) is 41.3 Å². The van der Waals surface area contributed by atoms with Crippen LogP contribution in [0.3, 0.4) is 0 Å². The Morgan fingerprint density at radius 2 is 1.92 bits per heavy atom. The van der Waals surface area contributed by atoms with Crippen molar-refractivity contribution in [2.75, 3.05) is 31.8 Å². The van der Waals surface area contributed by atoms with Crippen molar-refractivity contribution >= 4 is 11.6 Å². The number of H-pyrrole nitrogens is 1. The summed E-state index contributed by atoms with van der Waals surface area (Å²) in [7, 11) is 1.59. The minimum atomic E-state index is -0.213. The number of hydrogen-bond acceptors (Lipinski definition) is 6. The standard InChI is InChI=1S/C31H40N4O4/c1-7-35(24-10-12-39-13-11-24)28-16-23(22-8-9-29(38-6)32-17-22)15-26(21(28)5)30(36)33-18-27-25(19(2)3)14-20(4)34-31(27)37/h8-9,14-17,19,24H,7,10-13,18H2,1-6H3,(H,33,36)(H,34,37). The summed E-state index contributed by atoms with van der Waals surface area (Å²) in [6, 6.07) is 10.2. The summed E-state index contributed by atoms with van der Waals surface area (Å²) >= 11 is 0. The zero-order valence-corrected chi connectivity index (χ0v) is 23.9. The summed E-state index contributed by atoms with van der Waals surface area (Å²) in [6.07, 6.45) is 3.65. The number of methoxy groups -OCH3 is 1. The van der Waals surface area contributed by atoms with Gasteiger partial charge in [-0.3, -0.25) is 9.59 Å². The lowest BCUT2D eigenvalue weighted by Crippen LogP contribution is -2.40. The smallest absolute Gasteiger partial charge is 0.253 e. The second kappa shape index (κ2) is 12.5. The van der Waals surface area contributed by atoms with Gasteiger partial charge in [0.25, 0.3) is 11.5 Å². The van der Waals surface area contributed by atoms with Gasteiger partial charge in [0.1, 0.15) is 0 Å². The van der Waals surface area contributed by atoms with Crippen molar-refractivity contribution < 1.29 is 14.3 Å². The van der Waals surface area contributed by atoms with Crippen LogP contribution < -0.4 is 20.5 Å². The molecule has 8 nitrogen and oxygen atoms in total. The summed E-state index contributed by atoms with van der Waals surface area (Å²) in [6.45, 7) is 12.6. The van der Waals surface area contributed by atoms with Gasteiger partial charge in [0.15, 0.2) is 0 Å². The van der Waals surface area contributed by atoms with Crippen LogP contribution in [0.4, 0.5) is 5.69 Å². The van der Waals surface area contributed by atoms with E-state index in [1.54, 1.807) is 13.3 Å². The van der Waals surface area contributed by atoms with E-state index in [1.807, 2.05) is 38.1 Å². The average molecular weight is 533 g/mol. The van der Waals surface area contributed by atoms with Crippen LogP contribution in [0.5, 0.6) is 5.88 Å². The fourth-order valence-corrected chi connectivity index (χ4v) is 5.40. The first-order valence-corrected chi connectivity index (χ1v) is 13.7. The Morgan fingerprint density at radius 3 is 2.54 bits per heavy atom. The van der Waals surface area contributed by atoms with Gasteiger partial charge in [-0.2, -0.15) is 0 Å². The molecule has 39 heavy (non-hydrogen) atoms. The number of nitrogens with zero attached hydrogens (tertiary/aromatic N) is 2. The SMILES string of the molecule is CCN(c1cc(-c2ccc(OC)nc2)cc(C(=O)NCc2c(C(C)C)cc(C)[nH]c2=O)c1C)C1CCOCC1. The highest BCUT2D eigenvalue weighted by Gasteiger charge is 2.25. The van der Waals surface area contributed by atoms with E-state index >= 15 is 0 Å². The third-order valence-corrected chi connectivity index (χ3v) is 7.54. The van der Waals surface area contributed by atoms with Gasteiger partial charge in [0.05, 0.1) is 7.11 Å². The molecule has 0 bridgehead atoms. The molecule has 0 atom stereocenters. The largest absolute Gasteiger partial charge is 0.481 e. The lowest BCUT2D eigenvalue weighted by molar-refractivity contribution is 0.0846. The molecule has 0 aliphatic carbocycles. The Morgan fingerprint density at radius 1 is 1.18 bits per heavy atom. The van der Waals surface area contributed by atoms with E-state index in [2.05, 4.69) is 47.0 Å². The number of amides is 1. The van der Waals surface area contributed by atoms with Crippen molar-refractivity contribution in [3.05, 3.63) is 74.8 Å². The number of nitrogens with one attached hydrogen (secondary N) is 2. The molecule has 0 saturated carbocycles. The highest BCUT2D eigenvalue weighted by molar-refractivity contribution is 5.99. The van der Waals surface area contributed by atoms with Crippen molar-refractivity contribution in [1.29, 1.82) is 0 Å². The molecule has 1 amide bonds. The molecule has 4 rings (SSSR count). The highest BCUT2D eigenvalue weighted by atomic mass is 16.5. The number of hydrogen-bond donors (Lipinski definition) is 2. The Bertz CT molecular complexity index is 1360. The van der Waals surface area contributed by atoms with Gasteiger partial charge in [-0.1, -0.05) is 13.8 Å². The molecule has 2 aromatic heterocycles. The Balaban J connectivity index is 1.74. The van der Waals surface area contributed by atoms with E-state index in [1.165, 1.54) is 0 Å². The van der Waals surface area contributed by atoms with Gasteiger partial charge in [0, 0.05) is 72.7 Å². The van der Waals surface area contributed by atoms with Crippen molar-refractivity contribution in [3.8, 4) is 17.0 Å². The van der Waals surface area contributed by atoms with E-state index in [0.29, 0.717) is 23.0 Å². The van der Waals surface area contributed by atoms with Gasteiger partial charge < -0.3 is 24.7 Å². The van der Waals surface area contributed by atoms with Gasteiger partial charge in [0.2, 0.25) is 5.88 Å². The number of carbonyl (C=O) groups is 1. The third kappa shape index (κ3) is 6.33. The van der Waals surface area contributed by atoms with Crippen LogP contribution >= 0.6 is 0 Å². The zero-order chi connectivity index (χ0) is 28.1. The summed E-state index contributed by atoms with van der Waals surface area (Å²) in [5.74, 6) is 0.482. The number of aromatic nitrogens is 2. The van der Waals surface area contributed by atoms with Crippen LogP contribution in [-0.4, -0.2) is 48.8 Å². The van der Waals surface area contributed by atoms with Crippen molar-refractivity contribution in [2.24, 2.45) is 0 Å². The summed E-state index contributed by atoms with van der Waals surface area (Å²) < 4.78 is 10.9. The quantitative estimate of drug-likeness (QED) is 0.397. The normalized spacial score (nSPS) is 13.9. The molecule has 0 unspecified atom stereocenters. The Labute approximate surface area is 230 Å². The Kier molecular flexibility index (Phi) is 9.07. The molecular weight excluding hydrogens is 492 g/mol. The van der Waals surface area contributed by atoms with Crippen LogP contribution in [-0.2, 0) is 11.3 Å². The highest BCUT2D eigenvalue weighted by Crippen LogP contribution is 2.34. The second-order valence-electron chi connectivity index (χ2n) is 10.4. The predicted octanol–water partition coefficient (Wildman–Crippen LogP) is 5.12. The summed E-state index contributed by atoms with van der Waals surface area (Å²) in [5, 5.41) is 3.04. The molecule has 1 aliphatic rings. The number of benzene rings is 1. The van der Waals surface area contributed by atoms with E-state index in [4.69, 9.17) is 9.47 Å². The van der Waals surface area contributed by atoms with Crippen molar-refractivity contribution in [2.45, 2.75) is 66.0 Å². The van der Waals surface area contributed by atoms with Crippen LogP contribution in [0, 0.1) is 13.8 Å². The number of aromatic amines is 1. The topological polar surface area (TPSA) is 96.5 Å². The van der Waals surface area contributed by atoms with Gasteiger partial charge in [-0.05, 0) is 80.5 Å². The summed E-state index contributed by atoms with van der Waals surface area (Å²) in [5.41, 5.74) is 6.51. The van der Waals surface area contributed by atoms with Gasteiger partial charge in [-0.15, -0.1) is 0 Å². The molecule has 3 heterocycles. The van der Waals surface area contributed by atoms with E-state index in [9.17, 15) is 9.59 Å². The first-order chi connectivity index (χ1) is 18.7. The molecule has 0 spiro atoms. The lowest BCUT2D eigenvalue weighted by atomic mass is 9.95. The number of ether oxygens (including phenoxy) is 2. The minimum Gasteiger partial charge on any atom is -0.481 e. The average Bonchev–Trinajstić information content (AvgIpc) is 2.94. The minimum absolute atomic E-state index is 0.155. The van der Waals surface area contributed by atoms with Crippen molar-refractivity contribution in [3.63, 3.8) is 0 Å². The molecule has 0 radical (unpaired) electrons.